The van der Waals surface area contributed by atoms with Gasteiger partial charge in [-0.1, -0.05) is 15.9 Å². The van der Waals surface area contributed by atoms with E-state index in [1.807, 2.05) is 0 Å². The molecular weight excluding hydrogens is 333 g/mol. The lowest BCUT2D eigenvalue weighted by molar-refractivity contribution is 0.100. The summed E-state index contributed by atoms with van der Waals surface area (Å²) in [5.41, 5.74) is 11.7. The molecule has 0 aliphatic heterocycles. The number of nitrogens with one attached hydrogen (secondary N) is 1. The van der Waals surface area contributed by atoms with Crippen molar-refractivity contribution in [3.63, 3.8) is 0 Å². The van der Waals surface area contributed by atoms with E-state index < -0.39 is 5.91 Å². The van der Waals surface area contributed by atoms with Gasteiger partial charge in [0.1, 0.15) is 10.7 Å². The zero-order valence-electron chi connectivity index (χ0n) is 9.74. The molecule has 0 atom stereocenters. The van der Waals surface area contributed by atoms with E-state index in [2.05, 4.69) is 21.2 Å². The number of hydrogen-bond acceptors (Lipinski definition) is 4. The molecule has 5 N–H and O–H groups in total. The van der Waals surface area contributed by atoms with Gasteiger partial charge in [-0.25, -0.2) is 4.39 Å². The third kappa shape index (κ3) is 3.24. The first-order chi connectivity index (χ1) is 8.97. The Morgan fingerprint density at radius 1 is 1.42 bits per heavy atom. The van der Waals surface area contributed by atoms with Gasteiger partial charge in [0.2, 0.25) is 0 Å². The van der Waals surface area contributed by atoms with Crippen molar-refractivity contribution in [1.82, 2.24) is 0 Å². The van der Waals surface area contributed by atoms with Crippen LogP contribution in [0, 0.1) is 5.82 Å². The molecule has 4 nitrogen and oxygen atoms in total. The van der Waals surface area contributed by atoms with Crippen LogP contribution >= 0.6 is 27.3 Å². The number of carbonyl (C=O) groups excluding carboxylic acids is 1. The molecule has 0 fully saturated rings. The molecule has 7 heteroatoms. The fourth-order valence-electron chi connectivity index (χ4n) is 1.55. The van der Waals surface area contributed by atoms with Gasteiger partial charge in [-0.15, -0.1) is 11.3 Å². The number of hydrogen-bond donors (Lipinski definition) is 3. The lowest BCUT2D eigenvalue weighted by Crippen LogP contribution is -2.10. The lowest BCUT2D eigenvalue weighted by Gasteiger charge is -2.05. The molecule has 1 heterocycles. The predicted octanol–water partition coefficient (Wildman–Crippen LogP) is 2.94. The maximum Gasteiger partial charge on any atom is 0.260 e. The highest BCUT2D eigenvalue weighted by atomic mass is 79.9. The molecule has 1 aromatic heterocycles. The minimum atomic E-state index is -0.566. The van der Waals surface area contributed by atoms with E-state index in [1.54, 1.807) is 18.2 Å². The number of rotatable bonds is 4. The fraction of sp³-hybridized carbons (Fsp3) is 0.0833. The first-order valence-electron chi connectivity index (χ1n) is 5.34. The Morgan fingerprint density at radius 2 is 2.16 bits per heavy atom. The van der Waals surface area contributed by atoms with Crippen molar-refractivity contribution < 1.29 is 9.18 Å². The molecule has 0 saturated heterocycles. The number of halogens is 2. The molecular formula is C12H11BrFN3OS. The largest absolute Gasteiger partial charge is 0.397 e. The summed E-state index contributed by atoms with van der Waals surface area (Å²) in [5, 5.41) is 3.69. The number of nitrogen functional groups attached to an aromatic ring is 1. The van der Waals surface area contributed by atoms with E-state index in [4.69, 9.17) is 11.5 Å². The van der Waals surface area contributed by atoms with Crippen LogP contribution in [0.3, 0.4) is 0 Å². The quantitative estimate of drug-likeness (QED) is 0.798. The second-order valence-corrected chi connectivity index (χ2v) is 5.82. The van der Waals surface area contributed by atoms with Crippen LogP contribution in [0.1, 0.15) is 15.2 Å². The van der Waals surface area contributed by atoms with Crippen molar-refractivity contribution in [1.29, 1.82) is 0 Å². The zero-order valence-corrected chi connectivity index (χ0v) is 12.1. The van der Waals surface area contributed by atoms with Crippen LogP contribution < -0.4 is 16.8 Å². The Hall–Kier alpha value is -1.60. The van der Waals surface area contributed by atoms with Crippen LogP contribution in [0.15, 0.2) is 28.7 Å². The number of thiophene rings is 1. The Bertz CT molecular complexity index is 629. The van der Waals surface area contributed by atoms with Crippen molar-refractivity contribution in [3.8, 4) is 0 Å². The van der Waals surface area contributed by atoms with Gasteiger partial charge in [0.05, 0.1) is 10.7 Å². The van der Waals surface area contributed by atoms with Gasteiger partial charge in [0, 0.05) is 16.6 Å². The first kappa shape index (κ1) is 13.8. The summed E-state index contributed by atoms with van der Waals surface area (Å²) in [6, 6.07) is 6.32. The molecule has 19 heavy (non-hydrogen) atoms. The van der Waals surface area contributed by atoms with Crippen LogP contribution in [0.2, 0.25) is 0 Å². The summed E-state index contributed by atoms with van der Waals surface area (Å²) in [4.78, 5) is 11.4. The fourth-order valence-corrected chi connectivity index (χ4v) is 2.78. The second-order valence-electron chi connectivity index (χ2n) is 3.85. The molecule has 1 aromatic carbocycles. The second kappa shape index (κ2) is 5.58. The number of anilines is 2. The minimum absolute atomic E-state index is 0.295. The summed E-state index contributed by atoms with van der Waals surface area (Å²) in [6.07, 6.45) is 0. The predicted molar refractivity (Wildman–Crippen MR) is 78.7 cm³/mol. The molecule has 0 aliphatic rings. The molecule has 0 aliphatic carbocycles. The normalized spacial score (nSPS) is 10.4. The summed E-state index contributed by atoms with van der Waals surface area (Å²) in [7, 11) is 0. The maximum absolute atomic E-state index is 13.5. The molecule has 0 bridgehead atoms. The van der Waals surface area contributed by atoms with Gasteiger partial charge in [-0.2, -0.15) is 0 Å². The van der Waals surface area contributed by atoms with Crippen LogP contribution in [-0.2, 0) is 6.54 Å². The Labute approximate surface area is 121 Å². The highest BCUT2D eigenvalue weighted by molar-refractivity contribution is 9.10. The number of benzene rings is 1. The average Bonchev–Trinajstić information content (AvgIpc) is 2.72. The van der Waals surface area contributed by atoms with Crippen LogP contribution in [0.25, 0.3) is 0 Å². The third-order valence-corrected chi connectivity index (χ3v) is 4.06. The third-order valence-electron chi connectivity index (χ3n) is 2.45. The van der Waals surface area contributed by atoms with E-state index in [0.29, 0.717) is 27.7 Å². The smallest absolute Gasteiger partial charge is 0.260 e. The topological polar surface area (TPSA) is 81.1 Å². The van der Waals surface area contributed by atoms with Gasteiger partial charge < -0.3 is 16.8 Å². The Morgan fingerprint density at radius 3 is 2.79 bits per heavy atom. The number of primary amides is 1. The first-order valence-corrected chi connectivity index (χ1v) is 6.95. The highest BCUT2D eigenvalue weighted by Crippen LogP contribution is 2.29. The van der Waals surface area contributed by atoms with E-state index in [-0.39, 0.29) is 5.82 Å². The summed E-state index contributed by atoms with van der Waals surface area (Å²) < 4.78 is 14.3. The van der Waals surface area contributed by atoms with Crippen LogP contribution in [0.4, 0.5) is 15.1 Å². The monoisotopic (exact) mass is 343 g/mol. The van der Waals surface area contributed by atoms with Crippen molar-refractivity contribution >= 4 is 43.9 Å². The number of amides is 1. The summed E-state index contributed by atoms with van der Waals surface area (Å²) >= 11 is 4.44. The van der Waals surface area contributed by atoms with Gasteiger partial charge in [0.15, 0.2) is 0 Å². The summed E-state index contributed by atoms with van der Waals surface area (Å²) in [5.74, 6) is -0.862. The molecule has 0 unspecified atom stereocenters. The van der Waals surface area contributed by atoms with Gasteiger partial charge in [0.25, 0.3) is 5.91 Å². The minimum Gasteiger partial charge on any atom is -0.397 e. The Balaban J connectivity index is 2.12. The number of carbonyl (C=O) groups is 1. The number of nitrogens with two attached hydrogens (primary N) is 2. The van der Waals surface area contributed by atoms with Gasteiger partial charge in [-0.05, 0) is 24.3 Å². The van der Waals surface area contributed by atoms with E-state index in [0.717, 1.165) is 15.8 Å². The maximum atomic E-state index is 13.5. The molecule has 2 rings (SSSR count). The van der Waals surface area contributed by atoms with Crippen LogP contribution in [0.5, 0.6) is 0 Å². The molecule has 100 valence electrons. The van der Waals surface area contributed by atoms with Crippen molar-refractivity contribution in [3.05, 3.63) is 45.0 Å². The SMILES string of the molecule is NC(=O)c1sc(NCc2cc(Br)ccc2F)cc1N. The van der Waals surface area contributed by atoms with Gasteiger partial charge >= 0.3 is 0 Å². The molecule has 0 saturated carbocycles. The van der Waals surface area contributed by atoms with E-state index in [9.17, 15) is 9.18 Å². The standard InChI is InChI=1S/C12H11BrFN3OS/c13-7-1-2-8(14)6(3-7)5-17-10-4-9(15)11(19-10)12(16)18/h1-4,17H,5,15H2,(H2,16,18). The molecule has 0 radical (unpaired) electrons. The van der Waals surface area contributed by atoms with Crippen molar-refractivity contribution in [2.75, 3.05) is 11.1 Å². The van der Waals surface area contributed by atoms with Gasteiger partial charge in [-0.3, -0.25) is 4.79 Å². The molecule has 0 spiro atoms. The lowest BCUT2D eigenvalue weighted by atomic mass is 10.2. The molecule has 1 amide bonds. The van der Waals surface area contributed by atoms with E-state index in [1.165, 1.54) is 6.07 Å². The Kier molecular flexibility index (Phi) is 4.06. The zero-order chi connectivity index (χ0) is 14.0. The van der Waals surface area contributed by atoms with Crippen LogP contribution in [-0.4, -0.2) is 5.91 Å². The van der Waals surface area contributed by atoms with E-state index >= 15 is 0 Å². The molecule has 2 aromatic rings. The van der Waals surface area contributed by atoms with Crippen molar-refractivity contribution in [2.45, 2.75) is 6.54 Å². The average molecular weight is 344 g/mol. The van der Waals surface area contributed by atoms with Crippen molar-refractivity contribution in [2.24, 2.45) is 5.73 Å². The summed E-state index contributed by atoms with van der Waals surface area (Å²) in [6.45, 7) is 0.295. The highest BCUT2D eigenvalue weighted by Gasteiger charge is 2.11.